The van der Waals surface area contributed by atoms with Crippen molar-refractivity contribution in [2.24, 2.45) is 5.92 Å². The van der Waals surface area contributed by atoms with E-state index < -0.39 is 0 Å². The molecule has 0 aromatic heterocycles. The van der Waals surface area contributed by atoms with E-state index in [1.54, 1.807) is 0 Å². The summed E-state index contributed by atoms with van der Waals surface area (Å²) in [4.78, 5) is 2.58. The van der Waals surface area contributed by atoms with Crippen LogP contribution in [0.5, 0.6) is 0 Å². The van der Waals surface area contributed by atoms with Crippen molar-refractivity contribution in [2.45, 2.75) is 77.1 Å². The molecule has 1 saturated heterocycles. The minimum Gasteiger partial charge on any atom is -0.393 e. The van der Waals surface area contributed by atoms with Crippen molar-refractivity contribution in [1.82, 2.24) is 10.2 Å². The molecule has 2 aliphatic rings. The third-order valence-corrected chi connectivity index (χ3v) is 4.74. The quantitative estimate of drug-likeness (QED) is 0.761. The maximum atomic E-state index is 10.2. The molecule has 106 valence electrons. The number of aliphatic hydroxyl groups is 1. The van der Waals surface area contributed by atoms with Crippen LogP contribution >= 0.6 is 0 Å². The van der Waals surface area contributed by atoms with Crippen LogP contribution in [0.4, 0.5) is 0 Å². The molecule has 3 heteroatoms. The van der Waals surface area contributed by atoms with E-state index >= 15 is 0 Å². The maximum absolute atomic E-state index is 10.2. The summed E-state index contributed by atoms with van der Waals surface area (Å²) in [6.45, 7) is 8.91. The Labute approximate surface area is 112 Å². The van der Waals surface area contributed by atoms with Crippen molar-refractivity contribution in [3.8, 4) is 0 Å². The molecule has 1 saturated carbocycles. The normalized spacial score (nSPS) is 33.3. The first kappa shape index (κ1) is 14.3. The number of nitrogens with zero attached hydrogens (tertiary/aromatic N) is 1. The lowest BCUT2D eigenvalue weighted by Crippen LogP contribution is -2.54. The van der Waals surface area contributed by atoms with Gasteiger partial charge in [0.05, 0.1) is 6.10 Å². The van der Waals surface area contributed by atoms with Crippen LogP contribution in [0.3, 0.4) is 0 Å². The van der Waals surface area contributed by atoms with Crippen LogP contribution in [0.25, 0.3) is 0 Å². The topological polar surface area (TPSA) is 35.5 Å². The molecule has 3 nitrogen and oxygen atoms in total. The van der Waals surface area contributed by atoms with E-state index in [0.29, 0.717) is 18.0 Å². The summed E-state index contributed by atoms with van der Waals surface area (Å²) in [5, 5.41) is 13.9. The summed E-state index contributed by atoms with van der Waals surface area (Å²) >= 11 is 0. The first-order valence-electron chi connectivity index (χ1n) is 7.82. The molecule has 2 fully saturated rings. The Bertz CT molecular complexity index is 237. The van der Waals surface area contributed by atoms with Crippen molar-refractivity contribution >= 4 is 0 Å². The second kappa shape index (κ2) is 6.36. The van der Waals surface area contributed by atoms with Gasteiger partial charge in [0.2, 0.25) is 0 Å². The highest BCUT2D eigenvalue weighted by Gasteiger charge is 2.34. The number of aliphatic hydroxyl groups excluding tert-OH is 1. The molecule has 0 amide bonds. The molecule has 0 radical (unpaired) electrons. The number of nitrogens with one attached hydrogen (secondary N) is 1. The summed E-state index contributed by atoms with van der Waals surface area (Å²) in [5.41, 5.74) is 0. The van der Waals surface area contributed by atoms with E-state index in [0.717, 1.165) is 25.4 Å². The van der Waals surface area contributed by atoms with Crippen LogP contribution in [-0.4, -0.2) is 47.3 Å². The van der Waals surface area contributed by atoms with E-state index in [1.807, 2.05) is 0 Å². The van der Waals surface area contributed by atoms with Gasteiger partial charge in [-0.25, -0.2) is 0 Å². The van der Waals surface area contributed by atoms with Crippen LogP contribution in [-0.2, 0) is 0 Å². The molecule has 18 heavy (non-hydrogen) atoms. The minimum atomic E-state index is -0.125. The monoisotopic (exact) mass is 254 g/mol. The van der Waals surface area contributed by atoms with E-state index in [-0.39, 0.29) is 6.10 Å². The maximum Gasteiger partial charge on any atom is 0.0578 e. The predicted octanol–water partition coefficient (Wildman–Crippen LogP) is 2.00. The van der Waals surface area contributed by atoms with E-state index in [1.165, 1.54) is 25.8 Å². The van der Waals surface area contributed by atoms with Gasteiger partial charge in [-0.3, -0.25) is 4.90 Å². The van der Waals surface area contributed by atoms with E-state index in [2.05, 4.69) is 31.0 Å². The fourth-order valence-corrected chi connectivity index (χ4v) is 3.11. The van der Waals surface area contributed by atoms with Gasteiger partial charge in [0, 0.05) is 31.2 Å². The summed E-state index contributed by atoms with van der Waals surface area (Å²) in [5.74, 6) is 0.453. The Kier molecular flexibility index (Phi) is 5.05. The van der Waals surface area contributed by atoms with Gasteiger partial charge < -0.3 is 10.4 Å². The average molecular weight is 254 g/mol. The third-order valence-electron chi connectivity index (χ3n) is 4.74. The van der Waals surface area contributed by atoms with Crippen LogP contribution in [0.1, 0.15) is 52.9 Å². The number of hydrogen-bond acceptors (Lipinski definition) is 3. The highest BCUT2D eigenvalue weighted by Crippen LogP contribution is 2.27. The highest BCUT2D eigenvalue weighted by atomic mass is 16.3. The molecular weight excluding hydrogens is 224 g/mol. The molecule has 0 aromatic carbocycles. The molecule has 1 aliphatic carbocycles. The first-order valence-corrected chi connectivity index (χ1v) is 7.82. The second-order valence-electron chi connectivity index (χ2n) is 6.32. The molecule has 1 aliphatic heterocycles. The second-order valence-corrected chi connectivity index (χ2v) is 6.32. The third kappa shape index (κ3) is 3.69. The van der Waals surface area contributed by atoms with Gasteiger partial charge in [0.1, 0.15) is 0 Å². The standard InChI is InChI=1S/C15H30N2O/c1-4-11(3)17-9-12(15(18)5-2)8-14(10-17)16-13-6-7-13/h11-16,18H,4-10H2,1-3H3. The van der Waals surface area contributed by atoms with Gasteiger partial charge in [-0.15, -0.1) is 0 Å². The molecule has 4 atom stereocenters. The number of likely N-dealkylation sites (tertiary alicyclic amines) is 1. The van der Waals surface area contributed by atoms with Gasteiger partial charge in [-0.2, -0.15) is 0 Å². The van der Waals surface area contributed by atoms with Crippen molar-refractivity contribution in [3.63, 3.8) is 0 Å². The lowest BCUT2D eigenvalue weighted by molar-refractivity contribution is 0.0209. The molecule has 0 spiro atoms. The molecule has 1 heterocycles. The zero-order chi connectivity index (χ0) is 13.1. The van der Waals surface area contributed by atoms with E-state index in [9.17, 15) is 5.11 Å². The molecule has 2 rings (SSSR count). The number of hydrogen-bond donors (Lipinski definition) is 2. The summed E-state index contributed by atoms with van der Waals surface area (Å²) in [7, 11) is 0. The smallest absolute Gasteiger partial charge is 0.0578 e. The minimum absolute atomic E-state index is 0.125. The van der Waals surface area contributed by atoms with Crippen LogP contribution in [0, 0.1) is 5.92 Å². The fraction of sp³-hybridized carbons (Fsp3) is 1.00. The molecule has 2 N–H and O–H groups in total. The van der Waals surface area contributed by atoms with Gasteiger partial charge in [-0.1, -0.05) is 13.8 Å². The Morgan fingerprint density at radius 3 is 2.44 bits per heavy atom. The van der Waals surface area contributed by atoms with Crippen molar-refractivity contribution in [3.05, 3.63) is 0 Å². The molecule has 0 bridgehead atoms. The lowest BCUT2D eigenvalue weighted by atomic mass is 9.87. The van der Waals surface area contributed by atoms with E-state index in [4.69, 9.17) is 0 Å². The summed E-state index contributed by atoms with van der Waals surface area (Å²) in [6, 6.07) is 2.00. The van der Waals surface area contributed by atoms with Gasteiger partial charge in [-0.05, 0) is 44.9 Å². The Morgan fingerprint density at radius 2 is 1.89 bits per heavy atom. The largest absolute Gasteiger partial charge is 0.393 e. The molecular formula is C15H30N2O. The zero-order valence-corrected chi connectivity index (χ0v) is 12.2. The Balaban J connectivity index is 1.94. The SMILES string of the molecule is CCC(O)C1CC(NC2CC2)CN(C(C)CC)C1. The first-order chi connectivity index (χ1) is 8.63. The van der Waals surface area contributed by atoms with Crippen LogP contribution in [0.15, 0.2) is 0 Å². The molecule has 4 unspecified atom stereocenters. The Morgan fingerprint density at radius 1 is 1.17 bits per heavy atom. The van der Waals surface area contributed by atoms with Gasteiger partial charge in [0.25, 0.3) is 0 Å². The number of piperidine rings is 1. The lowest BCUT2D eigenvalue weighted by Gasteiger charge is -2.42. The zero-order valence-electron chi connectivity index (χ0n) is 12.2. The van der Waals surface area contributed by atoms with Crippen molar-refractivity contribution in [1.29, 1.82) is 0 Å². The van der Waals surface area contributed by atoms with Crippen LogP contribution in [0.2, 0.25) is 0 Å². The van der Waals surface area contributed by atoms with Crippen molar-refractivity contribution < 1.29 is 5.11 Å². The predicted molar refractivity (Wildman–Crippen MR) is 75.7 cm³/mol. The average Bonchev–Trinajstić information content (AvgIpc) is 3.20. The number of rotatable bonds is 6. The summed E-state index contributed by atoms with van der Waals surface area (Å²) < 4.78 is 0. The molecule has 0 aromatic rings. The van der Waals surface area contributed by atoms with Crippen LogP contribution < -0.4 is 5.32 Å². The summed E-state index contributed by atoms with van der Waals surface area (Å²) in [6.07, 6.45) is 5.81. The van der Waals surface area contributed by atoms with Gasteiger partial charge >= 0.3 is 0 Å². The highest BCUT2D eigenvalue weighted by molar-refractivity contribution is 4.92. The van der Waals surface area contributed by atoms with Crippen molar-refractivity contribution in [2.75, 3.05) is 13.1 Å². The van der Waals surface area contributed by atoms with Gasteiger partial charge in [0.15, 0.2) is 0 Å². The fourth-order valence-electron chi connectivity index (χ4n) is 3.11. The Hall–Kier alpha value is -0.120.